The molecule has 0 saturated heterocycles. The average Bonchev–Trinajstić information content (AvgIpc) is 2.11. The Morgan fingerprint density at radius 2 is 1.92 bits per heavy atom. The van der Waals surface area contributed by atoms with Crippen molar-refractivity contribution in [2.75, 3.05) is 40.1 Å². The smallest absolute Gasteiger partial charge is 0.0700 e. The number of nitrogens with one attached hydrogen (secondary N) is 1. The van der Waals surface area contributed by atoms with Crippen LogP contribution in [0.25, 0.3) is 0 Å². The normalized spacial score (nSPS) is 12.0. The van der Waals surface area contributed by atoms with Crippen LogP contribution in [0.4, 0.5) is 0 Å². The van der Waals surface area contributed by atoms with Crippen LogP contribution >= 0.6 is 0 Å². The standard InChI is InChI=1S/C9H21NO3/c1-9(2,8-11)10-4-5-13-7-6-12-3/h10-11H,4-8H2,1-3H3. The zero-order valence-electron chi connectivity index (χ0n) is 8.80. The Kier molecular flexibility index (Phi) is 7.17. The largest absolute Gasteiger partial charge is 0.394 e. The van der Waals surface area contributed by atoms with Gasteiger partial charge in [0.05, 0.1) is 26.4 Å². The summed E-state index contributed by atoms with van der Waals surface area (Å²) in [6.45, 7) is 6.67. The molecule has 0 aliphatic rings. The minimum atomic E-state index is -0.218. The van der Waals surface area contributed by atoms with Gasteiger partial charge in [0, 0.05) is 19.2 Å². The van der Waals surface area contributed by atoms with Crippen molar-refractivity contribution in [2.45, 2.75) is 19.4 Å². The number of rotatable bonds is 8. The number of aliphatic hydroxyl groups is 1. The van der Waals surface area contributed by atoms with Crippen molar-refractivity contribution in [3.8, 4) is 0 Å². The zero-order chi connectivity index (χ0) is 10.2. The first kappa shape index (κ1) is 12.8. The van der Waals surface area contributed by atoms with Crippen LogP contribution in [0.2, 0.25) is 0 Å². The van der Waals surface area contributed by atoms with E-state index in [4.69, 9.17) is 14.6 Å². The van der Waals surface area contributed by atoms with Crippen LogP contribution in [0, 0.1) is 0 Å². The molecular weight excluding hydrogens is 170 g/mol. The summed E-state index contributed by atoms with van der Waals surface area (Å²) in [5.41, 5.74) is -0.218. The van der Waals surface area contributed by atoms with Crippen molar-refractivity contribution in [1.29, 1.82) is 0 Å². The molecule has 0 aromatic rings. The highest BCUT2D eigenvalue weighted by Gasteiger charge is 2.13. The van der Waals surface area contributed by atoms with Gasteiger partial charge in [0.1, 0.15) is 0 Å². The molecule has 0 atom stereocenters. The van der Waals surface area contributed by atoms with E-state index in [2.05, 4.69) is 5.32 Å². The Morgan fingerprint density at radius 3 is 2.46 bits per heavy atom. The van der Waals surface area contributed by atoms with Gasteiger partial charge in [-0.25, -0.2) is 0 Å². The summed E-state index contributed by atoms with van der Waals surface area (Å²) in [5, 5.41) is 12.1. The topological polar surface area (TPSA) is 50.7 Å². The first-order chi connectivity index (χ1) is 6.12. The van der Waals surface area contributed by atoms with Crippen molar-refractivity contribution in [3.63, 3.8) is 0 Å². The molecule has 80 valence electrons. The maximum atomic E-state index is 8.91. The zero-order valence-corrected chi connectivity index (χ0v) is 8.80. The predicted octanol–water partition coefficient (Wildman–Crippen LogP) is 0.00990. The fraction of sp³-hybridized carbons (Fsp3) is 1.00. The highest BCUT2D eigenvalue weighted by atomic mass is 16.5. The second kappa shape index (κ2) is 7.26. The van der Waals surface area contributed by atoms with Crippen LogP contribution in [0.1, 0.15) is 13.8 Å². The lowest BCUT2D eigenvalue weighted by Gasteiger charge is -2.23. The first-order valence-electron chi connectivity index (χ1n) is 4.55. The maximum Gasteiger partial charge on any atom is 0.0700 e. The number of hydrogen-bond acceptors (Lipinski definition) is 4. The van der Waals surface area contributed by atoms with Gasteiger partial charge in [0.15, 0.2) is 0 Å². The van der Waals surface area contributed by atoms with Crippen LogP contribution in [0.3, 0.4) is 0 Å². The van der Waals surface area contributed by atoms with Crippen LogP contribution < -0.4 is 5.32 Å². The fourth-order valence-corrected chi connectivity index (χ4v) is 0.762. The molecule has 0 saturated carbocycles. The summed E-state index contributed by atoms with van der Waals surface area (Å²) in [6, 6.07) is 0. The Hall–Kier alpha value is -0.160. The van der Waals surface area contributed by atoms with Crippen molar-refractivity contribution >= 4 is 0 Å². The van der Waals surface area contributed by atoms with Crippen LogP contribution in [0.5, 0.6) is 0 Å². The highest BCUT2D eigenvalue weighted by Crippen LogP contribution is 1.97. The highest BCUT2D eigenvalue weighted by molar-refractivity contribution is 4.75. The van der Waals surface area contributed by atoms with Gasteiger partial charge in [-0.05, 0) is 13.8 Å². The van der Waals surface area contributed by atoms with Crippen molar-refractivity contribution in [3.05, 3.63) is 0 Å². The van der Waals surface area contributed by atoms with Gasteiger partial charge in [0.2, 0.25) is 0 Å². The Morgan fingerprint density at radius 1 is 1.23 bits per heavy atom. The number of ether oxygens (including phenoxy) is 2. The van der Waals surface area contributed by atoms with E-state index in [0.717, 1.165) is 6.54 Å². The third-order valence-electron chi connectivity index (χ3n) is 1.68. The van der Waals surface area contributed by atoms with E-state index >= 15 is 0 Å². The summed E-state index contributed by atoms with van der Waals surface area (Å²) < 4.78 is 10.1. The van der Waals surface area contributed by atoms with E-state index < -0.39 is 0 Å². The molecule has 0 rings (SSSR count). The molecule has 4 heteroatoms. The molecule has 0 spiro atoms. The molecular formula is C9H21NO3. The van der Waals surface area contributed by atoms with Gasteiger partial charge in [-0.1, -0.05) is 0 Å². The summed E-state index contributed by atoms with van der Waals surface area (Å²) in [7, 11) is 1.65. The van der Waals surface area contributed by atoms with Gasteiger partial charge in [-0.15, -0.1) is 0 Å². The number of hydrogen-bond donors (Lipinski definition) is 2. The fourth-order valence-electron chi connectivity index (χ4n) is 0.762. The monoisotopic (exact) mass is 191 g/mol. The van der Waals surface area contributed by atoms with E-state index in [1.165, 1.54) is 0 Å². The minimum Gasteiger partial charge on any atom is -0.394 e. The first-order valence-corrected chi connectivity index (χ1v) is 4.55. The second-order valence-corrected chi connectivity index (χ2v) is 3.57. The summed E-state index contributed by atoms with van der Waals surface area (Å²) in [4.78, 5) is 0. The molecule has 0 unspecified atom stereocenters. The molecule has 0 bridgehead atoms. The SMILES string of the molecule is COCCOCCNC(C)(C)CO. The van der Waals surface area contributed by atoms with Gasteiger partial charge < -0.3 is 19.9 Å². The second-order valence-electron chi connectivity index (χ2n) is 3.57. The van der Waals surface area contributed by atoms with E-state index in [-0.39, 0.29) is 12.1 Å². The van der Waals surface area contributed by atoms with E-state index in [0.29, 0.717) is 19.8 Å². The molecule has 13 heavy (non-hydrogen) atoms. The maximum absolute atomic E-state index is 8.91. The van der Waals surface area contributed by atoms with Gasteiger partial charge in [-0.3, -0.25) is 0 Å². The predicted molar refractivity (Wildman–Crippen MR) is 51.9 cm³/mol. The van der Waals surface area contributed by atoms with Gasteiger partial charge in [-0.2, -0.15) is 0 Å². The Balaban J connectivity index is 3.16. The third kappa shape index (κ3) is 8.18. The number of aliphatic hydroxyl groups excluding tert-OH is 1. The molecule has 0 heterocycles. The molecule has 0 fully saturated rings. The summed E-state index contributed by atoms with van der Waals surface area (Å²) >= 11 is 0. The van der Waals surface area contributed by atoms with E-state index in [1.807, 2.05) is 13.8 Å². The third-order valence-corrected chi connectivity index (χ3v) is 1.68. The number of methoxy groups -OCH3 is 1. The van der Waals surface area contributed by atoms with Crippen LogP contribution in [0.15, 0.2) is 0 Å². The summed E-state index contributed by atoms with van der Waals surface area (Å²) in [5.74, 6) is 0. The van der Waals surface area contributed by atoms with Crippen LogP contribution in [-0.4, -0.2) is 50.7 Å². The Labute approximate surface area is 80.2 Å². The quantitative estimate of drug-likeness (QED) is 0.531. The molecule has 0 amide bonds. The molecule has 0 aromatic carbocycles. The minimum absolute atomic E-state index is 0.130. The molecule has 0 aliphatic heterocycles. The molecule has 0 aromatic heterocycles. The lowest BCUT2D eigenvalue weighted by atomic mass is 10.1. The average molecular weight is 191 g/mol. The van der Waals surface area contributed by atoms with Gasteiger partial charge in [0.25, 0.3) is 0 Å². The van der Waals surface area contributed by atoms with Gasteiger partial charge >= 0.3 is 0 Å². The Bertz CT molecular complexity index is 117. The molecule has 0 aliphatic carbocycles. The lowest BCUT2D eigenvalue weighted by molar-refractivity contribution is 0.0672. The van der Waals surface area contributed by atoms with E-state index in [1.54, 1.807) is 7.11 Å². The molecule has 2 N–H and O–H groups in total. The molecule has 4 nitrogen and oxygen atoms in total. The summed E-state index contributed by atoms with van der Waals surface area (Å²) in [6.07, 6.45) is 0. The van der Waals surface area contributed by atoms with Crippen molar-refractivity contribution in [1.82, 2.24) is 5.32 Å². The van der Waals surface area contributed by atoms with E-state index in [9.17, 15) is 0 Å². The molecule has 0 radical (unpaired) electrons. The lowest BCUT2D eigenvalue weighted by Crippen LogP contribution is -2.44. The van der Waals surface area contributed by atoms with Crippen molar-refractivity contribution in [2.24, 2.45) is 0 Å². The van der Waals surface area contributed by atoms with Crippen molar-refractivity contribution < 1.29 is 14.6 Å². The van der Waals surface area contributed by atoms with Crippen LogP contribution in [-0.2, 0) is 9.47 Å².